The summed E-state index contributed by atoms with van der Waals surface area (Å²) in [6.07, 6.45) is 9.48. The van der Waals surface area contributed by atoms with Crippen molar-refractivity contribution in [1.82, 2.24) is 10.2 Å². The van der Waals surface area contributed by atoms with Crippen LogP contribution < -0.4 is 5.32 Å². The molecule has 0 atom stereocenters. The molecule has 3 rings (SSSR count). The Morgan fingerprint density at radius 1 is 1.25 bits per heavy atom. The van der Waals surface area contributed by atoms with Gasteiger partial charge >= 0.3 is 0 Å². The molecular weight excluding hydrogens is 266 g/mol. The zero-order valence-electron chi connectivity index (χ0n) is 11.5. The predicted octanol–water partition coefficient (Wildman–Crippen LogP) is 2.97. The topological polar surface area (TPSA) is 27.6 Å². The van der Waals surface area contributed by atoms with E-state index in [1.54, 1.807) is 11.9 Å². The van der Waals surface area contributed by atoms with Crippen molar-refractivity contribution >= 4 is 23.7 Å². The molecule has 4 heteroatoms. The van der Waals surface area contributed by atoms with Crippen LogP contribution in [0, 0.1) is 0 Å². The fourth-order valence-corrected chi connectivity index (χ4v) is 3.12. The van der Waals surface area contributed by atoms with E-state index in [2.05, 4.69) is 57.2 Å². The van der Waals surface area contributed by atoms with Crippen LogP contribution in [0.5, 0.6) is 0 Å². The number of nitrogens with zero attached hydrogens (tertiary/aromatic N) is 2. The maximum absolute atomic E-state index is 4.33. The number of benzene rings is 1. The van der Waals surface area contributed by atoms with Crippen molar-refractivity contribution in [3.63, 3.8) is 0 Å². The smallest absolute Gasteiger partial charge is 0.0380 e. The Morgan fingerprint density at radius 3 is 3.00 bits per heavy atom. The molecule has 2 aliphatic heterocycles. The molecule has 0 aromatic heterocycles. The van der Waals surface area contributed by atoms with E-state index in [4.69, 9.17) is 0 Å². The fraction of sp³-hybridized carbons (Fsp3) is 0.312. The highest BCUT2D eigenvalue weighted by molar-refractivity contribution is 7.98. The Labute approximate surface area is 124 Å². The quantitative estimate of drug-likeness (QED) is 0.865. The van der Waals surface area contributed by atoms with E-state index >= 15 is 0 Å². The maximum atomic E-state index is 4.33. The van der Waals surface area contributed by atoms with Crippen LogP contribution in [-0.2, 0) is 0 Å². The molecule has 0 saturated carbocycles. The second-order valence-electron chi connectivity index (χ2n) is 4.91. The summed E-state index contributed by atoms with van der Waals surface area (Å²) < 4.78 is 4.33. The van der Waals surface area contributed by atoms with Crippen LogP contribution in [0.2, 0.25) is 0 Å². The van der Waals surface area contributed by atoms with Gasteiger partial charge in [-0.3, -0.25) is 0 Å². The van der Waals surface area contributed by atoms with Gasteiger partial charge in [0.1, 0.15) is 0 Å². The summed E-state index contributed by atoms with van der Waals surface area (Å²) in [5.74, 6) is 0. The second-order valence-corrected chi connectivity index (χ2v) is 5.74. The van der Waals surface area contributed by atoms with Gasteiger partial charge in [-0.05, 0) is 35.9 Å². The summed E-state index contributed by atoms with van der Waals surface area (Å²) in [5.41, 5.74) is 2.64. The SMILES string of the molecule is C(=CN1CCNCC1)CC1=CC=NSc2ccccc21. The lowest BCUT2D eigenvalue weighted by molar-refractivity contribution is 0.323. The number of fused-ring (bicyclic) bond motifs is 1. The van der Waals surface area contributed by atoms with Gasteiger partial charge in [0, 0.05) is 49.2 Å². The molecular formula is C16H19N3S. The molecule has 3 nitrogen and oxygen atoms in total. The summed E-state index contributed by atoms with van der Waals surface area (Å²) in [4.78, 5) is 3.62. The molecule has 1 aromatic rings. The van der Waals surface area contributed by atoms with E-state index in [0.717, 1.165) is 32.6 Å². The van der Waals surface area contributed by atoms with Crippen molar-refractivity contribution in [2.75, 3.05) is 26.2 Å². The zero-order chi connectivity index (χ0) is 13.6. The zero-order valence-corrected chi connectivity index (χ0v) is 12.3. The normalized spacial score (nSPS) is 18.8. The van der Waals surface area contributed by atoms with Crippen LogP contribution in [-0.4, -0.2) is 37.3 Å². The molecule has 2 heterocycles. The summed E-state index contributed by atoms with van der Waals surface area (Å²) in [5, 5.41) is 3.37. The van der Waals surface area contributed by atoms with Gasteiger partial charge in [-0.2, -0.15) is 0 Å². The van der Waals surface area contributed by atoms with E-state index in [0.29, 0.717) is 0 Å². The van der Waals surface area contributed by atoms with Gasteiger partial charge in [0.25, 0.3) is 0 Å². The molecule has 0 bridgehead atoms. The minimum Gasteiger partial charge on any atom is -0.375 e. The first-order chi connectivity index (χ1) is 9.93. The van der Waals surface area contributed by atoms with Gasteiger partial charge in [0.2, 0.25) is 0 Å². The molecule has 1 fully saturated rings. The number of rotatable bonds is 3. The van der Waals surface area contributed by atoms with E-state index in [1.165, 1.54) is 16.0 Å². The molecule has 1 saturated heterocycles. The van der Waals surface area contributed by atoms with Gasteiger partial charge in [0.05, 0.1) is 0 Å². The molecule has 1 N–H and O–H groups in total. The van der Waals surface area contributed by atoms with Gasteiger partial charge in [-0.1, -0.05) is 24.3 Å². The number of nitrogens with one attached hydrogen (secondary N) is 1. The average molecular weight is 285 g/mol. The van der Waals surface area contributed by atoms with Crippen LogP contribution in [0.4, 0.5) is 0 Å². The minimum absolute atomic E-state index is 0.952. The van der Waals surface area contributed by atoms with Crippen molar-refractivity contribution in [3.8, 4) is 0 Å². The van der Waals surface area contributed by atoms with Crippen LogP contribution in [0.25, 0.3) is 5.57 Å². The molecule has 104 valence electrons. The number of hydrogen-bond donors (Lipinski definition) is 1. The molecule has 0 aliphatic carbocycles. The molecule has 0 radical (unpaired) electrons. The average Bonchev–Trinajstić information content (AvgIpc) is 2.71. The van der Waals surface area contributed by atoms with Gasteiger partial charge in [-0.25, -0.2) is 4.40 Å². The first kappa shape index (κ1) is 13.5. The third-order valence-electron chi connectivity index (χ3n) is 3.53. The first-order valence-corrected chi connectivity index (χ1v) is 7.81. The largest absolute Gasteiger partial charge is 0.375 e. The van der Waals surface area contributed by atoms with E-state index in [9.17, 15) is 0 Å². The molecule has 2 aliphatic rings. The third-order valence-corrected chi connectivity index (χ3v) is 4.31. The molecule has 20 heavy (non-hydrogen) atoms. The highest BCUT2D eigenvalue weighted by Gasteiger charge is 2.09. The Balaban J connectivity index is 1.69. The van der Waals surface area contributed by atoms with Crippen LogP contribution in [0.15, 0.2) is 51.9 Å². The first-order valence-electron chi connectivity index (χ1n) is 7.04. The Morgan fingerprint density at radius 2 is 2.10 bits per heavy atom. The highest BCUT2D eigenvalue weighted by Crippen LogP contribution is 2.32. The van der Waals surface area contributed by atoms with Crippen molar-refractivity contribution in [1.29, 1.82) is 0 Å². The molecule has 1 aromatic carbocycles. The van der Waals surface area contributed by atoms with E-state index in [-0.39, 0.29) is 0 Å². The van der Waals surface area contributed by atoms with Crippen molar-refractivity contribution < 1.29 is 0 Å². The van der Waals surface area contributed by atoms with Crippen LogP contribution in [0.3, 0.4) is 0 Å². The Kier molecular flexibility index (Phi) is 4.56. The van der Waals surface area contributed by atoms with Crippen molar-refractivity contribution in [2.24, 2.45) is 4.40 Å². The summed E-state index contributed by atoms with van der Waals surface area (Å²) in [6.45, 7) is 4.37. The highest BCUT2D eigenvalue weighted by atomic mass is 32.2. The fourth-order valence-electron chi connectivity index (χ4n) is 2.45. The third kappa shape index (κ3) is 3.32. The van der Waals surface area contributed by atoms with Gasteiger partial charge in [-0.15, -0.1) is 0 Å². The van der Waals surface area contributed by atoms with Crippen molar-refractivity contribution in [3.05, 3.63) is 48.2 Å². The molecule has 0 amide bonds. The van der Waals surface area contributed by atoms with Gasteiger partial charge < -0.3 is 10.2 Å². The number of allylic oxidation sites excluding steroid dienone is 3. The monoisotopic (exact) mass is 285 g/mol. The lowest BCUT2D eigenvalue weighted by Gasteiger charge is -2.25. The van der Waals surface area contributed by atoms with Crippen LogP contribution in [0.1, 0.15) is 12.0 Å². The summed E-state index contributed by atoms with van der Waals surface area (Å²) in [6, 6.07) is 8.48. The van der Waals surface area contributed by atoms with Crippen LogP contribution >= 0.6 is 11.9 Å². The number of piperazine rings is 1. The minimum atomic E-state index is 0.952. The second kappa shape index (κ2) is 6.77. The lowest BCUT2D eigenvalue weighted by atomic mass is 10.0. The molecule has 0 spiro atoms. The van der Waals surface area contributed by atoms with E-state index in [1.807, 2.05) is 6.21 Å². The Hall–Kier alpha value is -1.52. The lowest BCUT2D eigenvalue weighted by Crippen LogP contribution is -2.40. The van der Waals surface area contributed by atoms with Gasteiger partial charge in [0.15, 0.2) is 0 Å². The summed E-state index contributed by atoms with van der Waals surface area (Å²) in [7, 11) is 0. The summed E-state index contributed by atoms with van der Waals surface area (Å²) >= 11 is 1.55. The van der Waals surface area contributed by atoms with E-state index < -0.39 is 0 Å². The van der Waals surface area contributed by atoms with Crippen molar-refractivity contribution in [2.45, 2.75) is 11.3 Å². The standard InChI is InChI=1S/C16H19N3S/c1-2-6-16-15(5-1)14(7-8-18-20-16)4-3-11-19-12-9-17-10-13-19/h1-3,5-8,11,17H,4,9-10,12-13H2. The molecule has 0 unspecified atom stereocenters. The number of hydrogen-bond acceptors (Lipinski definition) is 4. The Bertz CT molecular complexity index is 542. The maximum Gasteiger partial charge on any atom is 0.0380 e. The predicted molar refractivity (Wildman–Crippen MR) is 87.0 cm³/mol.